The number of nitrogens with two attached hydrogens (primary N) is 2. The second-order valence-corrected chi connectivity index (χ2v) is 12.8. The molecule has 0 saturated carbocycles. The molecular formula is C25H34Cl2N4O3PtS. The van der Waals surface area contributed by atoms with Gasteiger partial charge in [-0.2, -0.15) is 6.54 Å². The minimum absolute atomic E-state index is 0. The van der Waals surface area contributed by atoms with Crippen LogP contribution in [0.2, 0.25) is 0 Å². The third-order valence-corrected chi connectivity index (χ3v) is 6.49. The molecule has 1 heterocycles. The maximum Gasteiger partial charge on any atom is -0.693 e. The monoisotopic (exact) mass is 735 g/mol. The summed E-state index contributed by atoms with van der Waals surface area (Å²) in [7, 11) is 6.02. The van der Waals surface area contributed by atoms with Crippen molar-refractivity contribution in [3.63, 3.8) is 0 Å². The molecule has 0 fully saturated rings. The van der Waals surface area contributed by atoms with E-state index in [4.69, 9.17) is 34.4 Å². The number of nitrogens with zero attached hydrogens (tertiary/aromatic N) is 1. The zero-order valence-corrected chi connectivity index (χ0v) is 25.1. The van der Waals surface area contributed by atoms with Gasteiger partial charge in [0.15, 0.2) is 0 Å². The Bertz CT molecular complexity index is 1160. The Hall–Kier alpha value is -1.38. The summed E-state index contributed by atoms with van der Waals surface area (Å²) in [6.45, 7) is 5.19. The molecule has 0 spiro atoms. The average molecular weight is 737 g/mol. The molecule has 7 nitrogen and oxygen atoms in total. The smallest absolute Gasteiger partial charge is 0.693 e. The van der Waals surface area contributed by atoms with Crippen molar-refractivity contribution in [2.45, 2.75) is 50.8 Å². The SMILES string of the molecule is CCOc1ccc(-c2c(CCCCCC[NH-])c(C)cn2-c2ccc(S(N)(=O)=O)cc2)cc1.[Cl][Pt+2][Cl].[NH2-]. The van der Waals surface area contributed by atoms with Crippen LogP contribution in [0.25, 0.3) is 28.8 Å². The van der Waals surface area contributed by atoms with E-state index in [0.717, 1.165) is 54.8 Å². The van der Waals surface area contributed by atoms with Crippen molar-refractivity contribution in [3.8, 4) is 22.7 Å². The average Bonchev–Trinajstić information content (AvgIpc) is 3.16. The Balaban J connectivity index is 0.00000154. The number of benzene rings is 2. The Labute approximate surface area is 231 Å². The maximum absolute atomic E-state index is 11.7. The van der Waals surface area contributed by atoms with Gasteiger partial charge >= 0.3 is 35.3 Å². The number of nitrogens with one attached hydrogen (secondary N) is 1. The minimum atomic E-state index is -3.73. The number of sulfonamides is 1. The molecule has 3 aromatic rings. The molecule has 0 aliphatic rings. The standard InChI is InChI=1S/C25H32N3O3S.2ClH.H2N.Pt/c1-3-31-22-13-9-20(10-14-22)25-24(8-6-4-5-7-17-26)19(2)18-28(25)21-11-15-23(16-12-21)32(27,29)30;;;;/h9-16,18,26H,3-8,17H2,1-2H3,(H2,27,29,30);2*1H;1H2;/q-1;;;-1;+4/p-2. The molecule has 1 aromatic heterocycles. The summed E-state index contributed by atoms with van der Waals surface area (Å²) in [6, 6.07) is 14.8. The number of aryl methyl sites for hydroxylation is 1. The predicted octanol–water partition coefficient (Wildman–Crippen LogP) is 7.75. The van der Waals surface area contributed by atoms with Crippen molar-refractivity contribution in [2.75, 3.05) is 13.2 Å². The van der Waals surface area contributed by atoms with Gasteiger partial charge in [0.05, 0.1) is 17.2 Å². The molecule has 0 radical (unpaired) electrons. The third kappa shape index (κ3) is 9.49. The first-order valence-electron chi connectivity index (χ1n) is 11.3. The first-order chi connectivity index (χ1) is 16.8. The van der Waals surface area contributed by atoms with Crippen molar-refractivity contribution < 1.29 is 29.6 Å². The first-order valence-corrected chi connectivity index (χ1v) is 18.5. The molecule has 0 aliphatic carbocycles. The summed E-state index contributed by atoms with van der Waals surface area (Å²) in [5.41, 5.74) is 12.9. The van der Waals surface area contributed by atoms with E-state index in [1.807, 2.05) is 19.1 Å². The van der Waals surface area contributed by atoms with E-state index < -0.39 is 26.5 Å². The van der Waals surface area contributed by atoms with Crippen molar-refractivity contribution in [2.24, 2.45) is 5.14 Å². The summed E-state index contributed by atoms with van der Waals surface area (Å²) < 4.78 is 31.0. The molecule has 5 N–H and O–H groups in total. The van der Waals surface area contributed by atoms with Gasteiger partial charge in [0, 0.05) is 11.9 Å². The van der Waals surface area contributed by atoms with Gasteiger partial charge in [-0.15, -0.1) is 0 Å². The Morgan fingerprint density at radius 3 is 2.11 bits per heavy atom. The molecule has 0 aliphatic heterocycles. The van der Waals surface area contributed by atoms with Crippen LogP contribution < -0.4 is 9.88 Å². The summed E-state index contributed by atoms with van der Waals surface area (Å²) >= 11 is -0.472. The second-order valence-electron chi connectivity index (χ2n) is 7.96. The number of ether oxygens (including phenoxy) is 1. The summed E-state index contributed by atoms with van der Waals surface area (Å²) in [4.78, 5) is 0.0994. The van der Waals surface area contributed by atoms with E-state index in [2.05, 4.69) is 29.8 Å². The molecule has 0 unspecified atom stereocenters. The van der Waals surface area contributed by atoms with Crippen LogP contribution >= 0.6 is 18.8 Å². The molecule has 36 heavy (non-hydrogen) atoms. The predicted molar refractivity (Wildman–Crippen MR) is 147 cm³/mol. The van der Waals surface area contributed by atoms with Crippen molar-refractivity contribution in [3.05, 3.63) is 77.7 Å². The summed E-state index contributed by atoms with van der Waals surface area (Å²) in [5, 5.41) is 5.26. The molecule has 202 valence electrons. The molecule has 0 bridgehead atoms. The van der Waals surface area contributed by atoms with Gasteiger partial charge < -0.3 is 21.2 Å². The minimum Gasteiger partial charge on any atom is -0.693 e. The van der Waals surface area contributed by atoms with E-state index in [0.29, 0.717) is 13.2 Å². The maximum atomic E-state index is 11.7. The van der Waals surface area contributed by atoms with Crippen LogP contribution in [0.1, 0.15) is 43.7 Å². The second kappa shape index (κ2) is 16.5. The van der Waals surface area contributed by atoms with Crippen LogP contribution in [0.5, 0.6) is 5.75 Å². The first kappa shape index (κ1) is 32.6. The molecule has 0 amide bonds. The van der Waals surface area contributed by atoms with Gasteiger partial charge in [-0.25, -0.2) is 13.6 Å². The van der Waals surface area contributed by atoms with E-state index in [1.54, 1.807) is 24.3 Å². The van der Waals surface area contributed by atoms with Crippen LogP contribution in [0, 0.1) is 6.92 Å². The van der Waals surface area contributed by atoms with Gasteiger partial charge in [0.1, 0.15) is 5.75 Å². The molecule has 0 saturated heterocycles. The third-order valence-electron chi connectivity index (χ3n) is 5.56. The summed E-state index contributed by atoms with van der Waals surface area (Å²) in [6.07, 6.45) is 7.26. The number of halogens is 2. The van der Waals surface area contributed by atoms with Gasteiger partial charge in [-0.1, -0.05) is 19.3 Å². The number of hydrogen-bond donors (Lipinski definition) is 1. The zero-order valence-electron chi connectivity index (χ0n) is 20.5. The molecule has 11 heteroatoms. The van der Waals surface area contributed by atoms with E-state index in [1.165, 1.54) is 11.1 Å². The number of primary sulfonamides is 1. The van der Waals surface area contributed by atoms with E-state index in [9.17, 15) is 8.42 Å². The Kier molecular flexibility index (Phi) is 14.9. The number of unbranched alkanes of at least 4 members (excludes halogenated alkanes) is 3. The fraction of sp³-hybridized carbons (Fsp3) is 0.360. The van der Waals surface area contributed by atoms with Crippen LogP contribution in [0.3, 0.4) is 0 Å². The van der Waals surface area contributed by atoms with Crippen LogP contribution in [0.4, 0.5) is 0 Å². The molecule has 3 rings (SSSR count). The summed E-state index contributed by atoms with van der Waals surface area (Å²) in [5.74, 6) is 0.834. The molecule has 2 aromatic carbocycles. The number of aromatic nitrogens is 1. The topological polar surface area (TPSA) is 132 Å². The van der Waals surface area contributed by atoms with Gasteiger partial charge in [0.25, 0.3) is 0 Å². The van der Waals surface area contributed by atoms with Crippen LogP contribution in [0.15, 0.2) is 59.6 Å². The number of rotatable bonds is 11. The fourth-order valence-electron chi connectivity index (χ4n) is 3.95. The van der Waals surface area contributed by atoms with Crippen molar-refractivity contribution in [1.82, 2.24) is 4.57 Å². The van der Waals surface area contributed by atoms with Gasteiger partial charge in [-0.3, -0.25) is 0 Å². The van der Waals surface area contributed by atoms with Gasteiger partial charge in [0.2, 0.25) is 10.0 Å². The van der Waals surface area contributed by atoms with Crippen LogP contribution in [-0.2, 0) is 32.9 Å². The molecule has 0 atom stereocenters. The van der Waals surface area contributed by atoms with Crippen molar-refractivity contribution >= 4 is 28.9 Å². The van der Waals surface area contributed by atoms with E-state index >= 15 is 0 Å². The molecular weight excluding hydrogens is 702 g/mol. The normalized spacial score (nSPS) is 10.9. The zero-order chi connectivity index (χ0) is 25.8. The number of hydrogen-bond acceptors (Lipinski definition) is 3. The van der Waals surface area contributed by atoms with Gasteiger partial charge in [-0.05, 0) is 91.9 Å². The quantitative estimate of drug-likeness (QED) is 0.202. The van der Waals surface area contributed by atoms with Crippen molar-refractivity contribution in [1.29, 1.82) is 0 Å². The Morgan fingerprint density at radius 1 is 1.00 bits per heavy atom. The van der Waals surface area contributed by atoms with E-state index in [-0.39, 0.29) is 11.0 Å². The fourth-order valence-corrected chi connectivity index (χ4v) is 4.47. The van der Waals surface area contributed by atoms with Crippen LogP contribution in [-0.4, -0.2) is 26.1 Å². The Morgan fingerprint density at radius 2 is 1.58 bits per heavy atom. The largest absolute Gasteiger partial charge is 0.693 e.